The summed E-state index contributed by atoms with van der Waals surface area (Å²) >= 11 is 0. The van der Waals surface area contributed by atoms with Crippen molar-refractivity contribution in [2.24, 2.45) is 0 Å². The number of rotatable bonds is 1. The number of nitrogens with zero attached hydrogens (tertiary/aromatic N) is 1. The Kier molecular flexibility index (Phi) is 1.55. The lowest BCUT2D eigenvalue weighted by molar-refractivity contribution is 0.111. The van der Waals surface area contributed by atoms with Gasteiger partial charge in [-0.2, -0.15) is 5.26 Å². The van der Waals surface area contributed by atoms with E-state index in [9.17, 15) is 4.79 Å². The maximum Gasteiger partial charge on any atom is 0.166 e. The van der Waals surface area contributed by atoms with Crippen molar-refractivity contribution < 1.29 is 4.79 Å². The van der Waals surface area contributed by atoms with Crippen LogP contribution in [0.25, 0.3) is 0 Å². The minimum atomic E-state index is 0.430. The van der Waals surface area contributed by atoms with Crippen molar-refractivity contribution in [1.82, 2.24) is 4.98 Å². The van der Waals surface area contributed by atoms with E-state index in [1.807, 2.05) is 6.07 Å². The van der Waals surface area contributed by atoms with E-state index in [0.717, 1.165) is 5.56 Å². The molecule has 50 valence electrons. The summed E-state index contributed by atoms with van der Waals surface area (Å²) in [4.78, 5) is 12.9. The molecule has 0 saturated carbocycles. The Morgan fingerprint density at radius 3 is 2.80 bits per heavy atom. The van der Waals surface area contributed by atoms with Crippen LogP contribution in [0.5, 0.6) is 0 Å². The van der Waals surface area contributed by atoms with E-state index in [2.05, 4.69) is 4.98 Å². The van der Waals surface area contributed by atoms with Crippen LogP contribution in [0.1, 0.15) is 21.7 Å². The zero-order valence-electron chi connectivity index (χ0n) is 5.51. The van der Waals surface area contributed by atoms with E-state index in [-0.39, 0.29) is 0 Å². The van der Waals surface area contributed by atoms with Crippen LogP contribution in [-0.4, -0.2) is 11.3 Å². The lowest BCUT2D eigenvalue weighted by Crippen LogP contribution is -1.81. The number of aldehydes is 1. The molecule has 0 atom stereocenters. The number of aryl methyl sites for hydroxylation is 1. The number of aromatic nitrogens is 1. The van der Waals surface area contributed by atoms with Crippen LogP contribution in [-0.2, 0) is 0 Å². The summed E-state index contributed by atoms with van der Waals surface area (Å²) in [7, 11) is 0. The molecule has 0 aliphatic carbocycles. The van der Waals surface area contributed by atoms with Gasteiger partial charge in [-0.25, -0.2) is 0 Å². The summed E-state index contributed by atoms with van der Waals surface area (Å²) in [6.45, 7) is 1.78. The van der Waals surface area contributed by atoms with Crippen LogP contribution >= 0.6 is 0 Å². The number of H-pyrrole nitrogens is 1. The third-order valence-corrected chi connectivity index (χ3v) is 1.29. The Morgan fingerprint density at radius 2 is 2.50 bits per heavy atom. The standard InChI is InChI=1S/C7H6N2O/c1-5-2-6(3-8)9-7(5)4-10/h2,4,9H,1H3. The number of aromatic amines is 1. The number of hydrogen-bond acceptors (Lipinski definition) is 2. The zero-order valence-corrected chi connectivity index (χ0v) is 5.51. The van der Waals surface area contributed by atoms with E-state index < -0.39 is 0 Å². The minimum absolute atomic E-state index is 0.430. The average molecular weight is 134 g/mol. The van der Waals surface area contributed by atoms with Gasteiger partial charge in [0.25, 0.3) is 0 Å². The van der Waals surface area contributed by atoms with E-state index in [4.69, 9.17) is 5.26 Å². The number of carbonyl (C=O) groups excluding carboxylic acids is 1. The SMILES string of the molecule is Cc1cc(C#N)[nH]c1C=O. The van der Waals surface area contributed by atoms with Gasteiger partial charge in [0.2, 0.25) is 0 Å². The summed E-state index contributed by atoms with van der Waals surface area (Å²) < 4.78 is 0. The van der Waals surface area contributed by atoms with Crippen molar-refractivity contribution in [3.05, 3.63) is 23.0 Å². The largest absolute Gasteiger partial charge is 0.344 e. The number of hydrogen-bond donors (Lipinski definition) is 1. The molecule has 0 saturated heterocycles. The monoisotopic (exact) mass is 134 g/mol. The Hall–Kier alpha value is -1.56. The second-order valence-corrected chi connectivity index (χ2v) is 2.01. The second kappa shape index (κ2) is 2.36. The fourth-order valence-electron chi connectivity index (χ4n) is 0.757. The van der Waals surface area contributed by atoms with Crippen molar-refractivity contribution in [3.8, 4) is 6.07 Å². The molecule has 0 aromatic carbocycles. The molecule has 0 fully saturated rings. The molecule has 0 aliphatic rings. The third-order valence-electron chi connectivity index (χ3n) is 1.29. The van der Waals surface area contributed by atoms with Crippen molar-refractivity contribution in [2.45, 2.75) is 6.92 Å². The van der Waals surface area contributed by atoms with E-state index in [1.165, 1.54) is 0 Å². The maximum absolute atomic E-state index is 10.2. The predicted molar refractivity (Wildman–Crippen MR) is 35.6 cm³/mol. The quantitative estimate of drug-likeness (QED) is 0.582. The van der Waals surface area contributed by atoms with Crippen LogP contribution in [0.4, 0.5) is 0 Å². The highest BCUT2D eigenvalue weighted by Crippen LogP contribution is 2.05. The first-order valence-electron chi connectivity index (χ1n) is 2.83. The van der Waals surface area contributed by atoms with Crippen molar-refractivity contribution in [2.75, 3.05) is 0 Å². The van der Waals surface area contributed by atoms with Crippen molar-refractivity contribution >= 4 is 6.29 Å². The minimum Gasteiger partial charge on any atom is -0.344 e. The summed E-state index contributed by atoms with van der Waals surface area (Å²) in [6, 6.07) is 3.55. The highest BCUT2D eigenvalue weighted by atomic mass is 16.1. The highest BCUT2D eigenvalue weighted by molar-refractivity contribution is 5.75. The number of nitriles is 1. The fourth-order valence-corrected chi connectivity index (χ4v) is 0.757. The van der Waals surface area contributed by atoms with E-state index in [1.54, 1.807) is 13.0 Å². The fraction of sp³-hybridized carbons (Fsp3) is 0.143. The Morgan fingerprint density at radius 1 is 1.80 bits per heavy atom. The molecule has 0 amide bonds. The molecule has 3 nitrogen and oxygen atoms in total. The lowest BCUT2D eigenvalue weighted by atomic mass is 10.3. The molecule has 1 aromatic rings. The van der Waals surface area contributed by atoms with Gasteiger partial charge in [-0.3, -0.25) is 4.79 Å². The Balaban J connectivity index is 3.19. The molecule has 0 aliphatic heterocycles. The molecule has 0 radical (unpaired) electrons. The third kappa shape index (κ3) is 0.914. The molecule has 0 unspecified atom stereocenters. The molecule has 1 N–H and O–H groups in total. The van der Waals surface area contributed by atoms with Gasteiger partial charge in [0.1, 0.15) is 11.8 Å². The van der Waals surface area contributed by atoms with Crippen molar-refractivity contribution in [1.29, 1.82) is 5.26 Å². The molecular formula is C7H6N2O. The van der Waals surface area contributed by atoms with Crippen LogP contribution in [0.3, 0.4) is 0 Å². The summed E-state index contributed by atoms with van der Waals surface area (Å²) in [5.41, 5.74) is 1.72. The second-order valence-electron chi connectivity index (χ2n) is 2.01. The van der Waals surface area contributed by atoms with Crippen LogP contribution in [0.15, 0.2) is 6.07 Å². The molecule has 1 aromatic heterocycles. The van der Waals surface area contributed by atoms with Gasteiger partial charge in [0, 0.05) is 0 Å². The summed E-state index contributed by atoms with van der Waals surface area (Å²) in [5.74, 6) is 0. The molecular weight excluding hydrogens is 128 g/mol. The highest BCUT2D eigenvalue weighted by Gasteiger charge is 2.00. The van der Waals surface area contributed by atoms with E-state index in [0.29, 0.717) is 17.7 Å². The summed E-state index contributed by atoms with van der Waals surface area (Å²) in [5, 5.41) is 8.37. The van der Waals surface area contributed by atoms with Gasteiger partial charge >= 0.3 is 0 Å². The summed E-state index contributed by atoms with van der Waals surface area (Å²) in [6.07, 6.45) is 0.705. The van der Waals surface area contributed by atoms with Crippen molar-refractivity contribution in [3.63, 3.8) is 0 Å². The van der Waals surface area contributed by atoms with Crippen LogP contribution in [0, 0.1) is 18.3 Å². The smallest absolute Gasteiger partial charge is 0.166 e. The van der Waals surface area contributed by atoms with Gasteiger partial charge in [-0.1, -0.05) is 0 Å². The number of nitrogens with one attached hydrogen (secondary N) is 1. The first-order chi connectivity index (χ1) is 4.77. The van der Waals surface area contributed by atoms with Crippen LogP contribution in [0.2, 0.25) is 0 Å². The van der Waals surface area contributed by atoms with Crippen LogP contribution < -0.4 is 0 Å². The molecule has 1 rings (SSSR count). The molecule has 10 heavy (non-hydrogen) atoms. The first kappa shape index (κ1) is 6.56. The zero-order chi connectivity index (χ0) is 7.56. The average Bonchev–Trinajstić information content (AvgIpc) is 2.30. The molecule has 0 spiro atoms. The van der Waals surface area contributed by atoms with Gasteiger partial charge in [-0.15, -0.1) is 0 Å². The maximum atomic E-state index is 10.2. The molecule has 1 heterocycles. The topological polar surface area (TPSA) is 56.6 Å². The van der Waals surface area contributed by atoms with Gasteiger partial charge in [-0.05, 0) is 18.6 Å². The Bertz CT molecular complexity index is 293. The Labute approximate surface area is 58.3 Å². The van der Waals surface area contributed by atoms with Gasteiger partial charge < -0.3 is 4.98 Å². The lowest BCUT2D eigenvalue weighted by Gasteiger charge is -1.80. The van der Waals surface area contributed by atoms with Gasteiger partial charge in [0.05, 0.1) is 5.69 Å². The number of carbonyl (C=O) groups is 1. The van der Waals surface area contributed by atoms with Gasteiger partial charge in [0.15, 0.2) is 6.29 Å². The first-order valence-corrected chi connectivity index (χ1v) is 2.83. The normalized spacial score (nSPS) is 8.80. The van der Waals surface area contributed by atoms with E-state index >= 15 is 0 Å². The molecule has 3 heteroatoms. The predicted octanol–water partition coefficient (Wildman–Crippen LogP) is 1.01. The molecule has 0 bridgehead atoms.